The van der Waals surface area contributed by atoms with Crippen molar-refractivity contribution < 1.29 is 4.74 Å². The van der Waals surface area contributed by atoms with E-state index in [0.717, 1.165) is 30.6 Å². The van der Waals surface area contributed by atoms with Crippen molar-refractivity contribution in [3.05, 3.63) is 24.3 Å². The monoisotopic (exact) mass is 244 g/mol. The van der Waals surface area contributed by atoms with Crippen LogP contribution in [0.5, 0.6) is 0 Å². The van der Waals surface area contributed by atoms with Crippen molar-refractivity contribution in [3.63, 3.8) is 0 Å². The fourth-order valence-corrected chi connectivity index (χ4v) is 2.17. The Bertz CT molecular complexity index is 525. The summed E-state index contributed by atoms with van der Waals surface area (Å²) in [6.45, 7) is 1.73. The van der Waals surface area contributed by atoms with Crippen LogP contribution in [0.3, 0.4) is 0 Å². The summed E-state index contributed by atoms with van der Waals surface area (Å²) in [4.78, 5) is 4.41. The lowest BCUT2D eigenvalue weighted by atomic mass is 10.2. The molecular weight excluding hydrogens is 228 g/mol. The zero-order chi connectivity index (χ0) is 12.2. The number of fused-ring (bicyclic) bond motifs is 1. The van der Waals surface area contributed by atoms with Crippen LogP contribution >= 0.6 is 0 Å². The fourth-order valence-electron chi connectivity index (χ4n) is 2.17. The molecule has 3 rings (SSSR count). The molecular formula is C13H16N4O. The zero-order valence-corrected chi connectivity index (χ0v) is 10.2. The van der Waals surface area contributed by atoms with Crippen LogP contribution in [0.25, 0.3) is 11.0 Å². The first-order chi connectivity index (χ1) is 8.92. The van der Waals surface area contributed by atoms with Crippen LogP contribution in [-0.4, -0.2) is 34.4 Å². The minimum atomic E-state index is 0.394. The molecule has 1 unspecified atom stereocenters. The van der Waals surface area contributed by atoms with Gasteiger partial charge in [-0.05, 0) is 31.4 Å². The molecule has 1 fully saturated rings. The fraction of sp³-hybridized carbons (Fsp3) is 0.462. The Kier molecular flexibility index (Phi) is 3.32. The number of para-hydroxylation sites is 1. The summed E-state index contributed by atoms with van der Waals surface area (Å²) >= 11 is 0. The van der Waals surface area contributed by atoms with Crippen LogP contribution in [0.4, 0.5) is 5.95 Å². The summed E-state index contributed by atoms with van der Waals surface area (Å²) in [6.07, 6.45) is 3.74. The summed E-state index contributed by atoms with van der Waals surface area (Å²) in [5.74, 6) is 0.590. The Balaban J connectivity index is 1.60. The van der Waals surface area contributed by atoms with Gasteiger partial charge in [0.05, 0.1) is 11.6 Å². The third-order valence-corrected chi connectivity index (χ3v) is 3.13. The Labute approximate surface area is 106 Å². The van der Waals surface area contributed by atoms with E-state index in [1.807, 2.05) is 24.3 Å². The number of benzene rings is 1. The molecule has 1 aliphatic heterocycles. The highest BCUT2D eigenvalue weighted by Gasteiger charge is 2.14. The maximum atomic E-state index is 5.56. The predicted molar refractivity (Wildman–Crippen MR) is 69.4 cm³/mol. The maximum Gasteiger partial charge on any atom is 0.243 e. The normalized spacial score (nSPS) is 19.2. The van der Waals surface area contributed by atoms with E-state index >= 15 is 0 Å². The van der Waals surface area contributed by atoms with Gasteiger partial charge < -0.3 is 10.1 Å². The third kappa shape index (κ3) is 2.56. The van der Waals surface area contributed by atoms with Crippen molar-refractivity contribution >= 4 is 17.0 Å². The van der Waals surface area contributed by atoms with Crippen molar-refractivity contribution in [2.45, 2.75) is 25.4 Å². The standard InChI is InChI=1S/C13H16N4O/c1-2-6-12-11(5-1)15-13(17-16-12)14-8-7-10-4-3-9-18-10/h1-2,5-6,10H,3-4,7-9H2,(H,14,15,17). The number of hydrogen-bond donors (Lipinski definition) is 1. The van der Waals surface area contributed by atoms with Crippen LogP contribution in [0.15, 0.2) is 24.3 Å². The van der Waals surface area contributed by atoms with E-state index in [1.54, 1.807) is 0 Å². The van der Waals surface area contributed by atoms with Crippen molar-refractivity contribution in [1.29, 1.82) is 0 Å². The van der Waals surface area contributed by atoms with E-state index in [9.17, 15) is 0 Å². The van der Waals surface area contributed by atoms with Gasteiger partial charge in [0.25, 0.3) is 0 Å². The molecule has 2 aromatic rings. The Morgan fingerprint density at radius 1 is 1.22 bits per heavy atom. The van der Waals surface area contributed by atoms with E-state index in [-0.39, 0.29) is 0 Å². The molecule has 5 heteroatoms. The number of aromatic nitrogens is 3. The second-order valence-electron chi connectivity index (χ2n) is 4.47. The molecule has 1 aromatic heterocycles. The number of nitrogens with one attached hydrogen (secondary N) is 1. The van der Waals surface area contributed by atoms with Crippen LogP contribution in [-0.2, 0) is 4.74 Å². The first kappa shape index (κ1) is 11.3. The topological polar surface area (TPSA) is 59.9 Å². The molecule has 1 atom stereocenters. The molecule has 5 nitrogen and oxygen atoms in total. The number of nitrogens with zero attached hydrogens (tertiary/aromatic N) is 3. The third-order valence-electron chi connectivity index (χ3n) is 3.13. The van der Waals surface area contributed by atoms with Gasteiger partial charge in [-0.15, -0.1) is 10.2 Å². The lowest BCUT2D eigenvalue weighted by molar-refractivity contribution is 0.107. The number of ether oxygens (including phenoxy) is 1. The Hall–Kier alpha value is -1.75. The van der Waals surface area contributed by atoms with Gasteiger partial charge in [-0.3, -0.25) is 0 Å². The highest BCUT2D eigenvalue weighted by molar-refractivity contribution is 5.73. The van der Waals surface area contributed by atoms with Gasteiger partial charge in [-0.25, -0.2) is 4.98 Å². The van der Waals surface area contributed by atoms with Crippen molar-refractivity contribution in [2.75, 3.05) is 18.5 Å². The molecule has 94 valence electrons. The predicted octanol–water partition coefficient (Wildman–Crippen LogP) is 2.01. The highest BCUT2D eigenvalue weighted by atomic mass is 16.5. The van der Waals surface area contributed by atoms with Crippen LogP contribution in [0.2, 0.25) is 0 Å². The van der Waals surface area contributed by atoms with Crippen molar-refractivity contribution in [2.24, 2.45) is 0 Å². The SMILES string of the molecule is c1ccc2nc(NCCC3CCCO3)nnc2c1. The second-order valence-corrected chi connectivity index (χ2v) is 4.47. The molecule has 1 aliphatic rings. The lowest BCUT2D eigenvalue weighted by Crippen LogP contribution is -2.14. The van der Waals surface area contributed by atoms with Crippen LogP contribution in [0, 0.1) is 0 Å². The Morgan fingerprint density at radius 3 is 2.94 bits per heavy atom. The summed E-state index contributed by atoms with van der Waals surface area (Å²) in [6, 6.07) is 7.73. The van der Waals surface area contributed by atoms with Gasteiger partial charge in [0, 0.05) is 13.2 Å². The molecule has 0 aliphatic carbocycles. The smallest absolute Gasteiger partial charge is 0.243 e. The van der Waals surface area contributed by atoms with Gasteiger partial charge in [-0.2, -0.15) is 0 Å². The van der Waals surface area contributed by atoms with E-state index in [2.05, 4.69) is 20.5 Å². The summed E-state index contributed by atoms with van der Waals surface area (Å²) in [7, 11) is 0. The lowest BCUT2D eigenvalue weighted by Gasteiger charge is -2.09. The molecule has 0 radical (unpaired) electrons. The number of anilines is 1. The van der Waals surface area contributed by atoms with Gasteiger partial charge in [0.1, 0.15) is 5.52 Å². The average molecular weight is 244 g/mol. The molecule has 2 heterocycles. The minimum Gasteiger partial charge on any atom is -0.378 e. The first-order valence-electron chi connectivity index (χ1n) is 6.37. The molecule has 1 saturated heterocycles. The summed E-state index contributed by atoms with van der Waals surface area (Å²) in [5.41, 5.74) is 1.69. The molecule has 0 bridgehead atoms. The molecule has 18 heavy (non-hydrogen) atoms. The molecule has 0 spiro atoms. The second kappa shape index (κ2) is 5.27. The van der Waals surface area contributed by atoms with Crippen molar-refractivity contribution in [3.8, 4) is 0 Å². The zero-order valence-electron chi connectivity index (χ0n) is 10.2. The quantitative estimate of drug-likeness (QED) is 0.891. The van der Waals surface area contributed by atoms with Gasteiger partial charge in [0.15, 0.2) is 0 Å². The molecule has 1 aromatic carbocycles. The van der Waals surface area contributed by atoms with Gasteiger partial charge in [-0.1, -0.05) is 12.1 Å². The minimum absolute atomic E-state index is 0.394. The molecule has 0 amide bonds. The molecule has 0 saturated carbocycles. The van der Waals surface area contributed by atoms with E-state index in [0.29, 0.717) is 12.1 Å². The van der Waals surface area contributed by atoms with E-state index in [1.165, 1.54) is 12.8 Å². The molecule has 1 N–H and O–H groups in total. The largest absolute Gasteiger partial charge is 0.378 e. The van der Waals surface area contributed by atoms with E-state index in [4.69, 9.17) is 4.74 Å². The van der Waals surface area contributed by atoms with E-state index < -0.39 is 0 Å². The van der Waals surface area contributed by atoms with Gasteiger partial charge >= 0.3 is 0 Å². The van der Waals surface area contributed by atoms with Gasteiger partial charge in [0.2, 0.25) is 5.95 Å². The number of hydrogen-bond acceptors (Lipinski definition) is 5. The summed E-state index contributed by atoms with van der Waals surface area (Å²) < 4.78 is 5.56. The number of rotatable bonds is 4. The first-order valence-corrected chi connectivity index (χ1v) is 6.37. The highest BCUT2D eigenvalue weighted by Crippen LogP contribution is 2.15. The maximum absolute atomic E-state index is 5.56. The Morgan fingerprint density at radius 2 is 2.11 bits per heavy atom. The van der Waals surface area contributed by atoms with Crippen LogP contribution in [0.1, 0.15) is 19.3 Å². The van der Waals surface area contributed by atoms with Crippen LogP contribution < -0.4 is 5.32 Å². The summed E-state index contributed by atoms with van der Waals surface area (Å²) in [5, 5.41) is 11.4. The van der Waals surface area contributed by atoms with Crippen molar-refractivity contribution in [1.82, 2.24) is 15.2 Å². The average Bonchev–Trinajstić information content (AvgIpc) is 2.92.